The molecule has 0 aromatic heterocycles. The van der Waals surface area contributed by atoms with Crippen molar-refractivity contribution >= 4 is 11.8 Å². The van der Waals surface area contributed by atoms with E-state index in [-0.39, 0.29) is 29.7 Å². The first-order chi connectivity index (χ1) is 16.1. The molecule has 0 spiro atoms. The highest BCUT2D eigenvalue weighted by atomic mass is 16.2. The maximum atomic E-state index is 13.8. The summed E-state index contributed by atoms with van der Waals surface area (Å²) in [4.78, 5) is 28.6. The van der Waals surface area contributed by atoms with E-state index in [1.165, 1.54) is 0 Å². The van der Waals surface area contributed by atoms with E-state index < -0.39 is 6.04 Å². The van der Waals surface area contributed by atoms with E-state index in [0.29, 0.717) is 6.54 Å². The van der Waals surface area contributed by atoms with Crippen molar-refractivity contribution in [1.29, 1.82) is 0 Å². The van der Waals surface area contributed by atoms with E-state index in [9.17, 15) is 9.59 Å². The van der Waals surface area contributed by atoms with Gasteiger partial charge in [0.1, 0.15) is 6.04 Å². The summed E-state index contributed by atoms with van der Waals surface area (Å²) in [5, 5.41) is 3.04. The van der Waals surface area contributed by atoms with Crippen LogP contribution in [0.1, 0.15) is 62.3 Å². The van der Waals surface area contributed by atoms with Gasteiger partial charge < -0.3 is 10.2 Å². The number of nitrogens with one attached hydrogen (secondary N) is 1. The van der Waals surface area contributed by atoms with Crippen molar-refractivity contribution in [3.8, 4) is 0 Å². The first-order valence-electron chi connectivity index (χ1n) is 11.9. The average Bonchev–Trinajstić information content (AvgIpc) is 2.80. The number of aryl methyl sites for hydroxylation is 1. The Balaban J connectivity index is 1.93. The Morgan fingerprint density at radius 2 is 1.41 bits per heavy atom. The maximum Gasteiger partial charge on any atom is 0.242 e. The van der Waals surface area contributed by atoms with E-state index >= 15 is 0 Å². The molecule has 0 saturated carbocycles. The zero-order valence-electron chi connectivity index (χ0n) is 20.9. The molecule has 1 N–H and O–H groups in total. The minimum atomic E-state index is -0.598. The Morgan fingerprint density at radius 1 is 0.853 bits per heavy atom. The molecule has 0 fully saturated rings. The molecule has 1 unspecified atom stereocenters. The van der Waals surface area contributed by atoms with Crippen molar-refractivity contribution in [2.75, 3.05) is 0 Å². The summed E-state index contributed by atoms with van der Waals surface area (Å²) in [5.74, 6) is -0.284. The van der Waals surface area contributed by atoms with Crippen molar-refractivity contribution in [3.05, 3.63) is 107 Å². The Bertz CT molecular complexity index is 1050. The number of rotatable bonds is 8. The van der Waals surface area contributed by atoms with Crippen LogP contribution >= 0.6 is 0 Å². The summed E-state index contributed by atoms with van der Waals surface area (Å²) < 4.78 is 0. The van der Waals surface area contributed by atoms with Crippen LogP contribution < -0.4 is 5.32 Å². The minimum Gasteiger partial charge on any atom is -0.350 e. The zero-order chi connectivity index (χ0) is 24.7. The normalized spacial score (nSPS) is 12.3. The average molecular weight is 457 g/mol. The third-order valence-electron chi connectivity index (χ3n) is 5.88. The van der Waals surface area contributed by atoms with Gasteiger partial charge in [0, 0.05) is 24.4 Å². The fraction of sp³-hybridized carbons (Fsp3) is 0.333. The summed E-state index contributed by atoms with van der Waals surface area (Å²) in [7, 11) is 0. The van der Waals surface area contributed by atoms with Gasteiger partial charge in [0.25, 0.3) is 0 Å². The molecule has 3 aromatic carbocycles. The van der Waals surface area contributed by atoms with Gasteiger partial charge in [-0.3, -0.25) is 9.59 Å². The van der Waals surface area contributed by atoms with Gasteiger partial charge in [-0.25, -0.2) is 0 Å². The lowest BCUT2D eigenvalue weighted by molar-refractivity contribution is -0.141. The predicted molar refractivity (Wildman–Crippen MR) is 138 cm³/mol. The second-order valence-corrected chi connectivity index (χ2v) is 10.0. The Kier molecular flexibility index (Phi) is 8.27. The largest absolute Gasteiger partial charge is 0.350 e. The van der Waals surface area contributed by atoms with Gasteiger partial charge in [-0.2, -0.15) is 0 Å². The van der Waals surface area contributed by atoms with Crippen molar-refractivity contribution in [3.63, 3.8) is 0 Å². The molecular weight excluding hydrogens is 420 g/mol. The molecular formula is C30H36N2O2. The highest BCUT2D eigenvalue weighted by Gasteiger charge is 2.30. The molecule has 3 rings (SSSR count). The molecule has 4 nitrogen and oxygen atoms in total. The summed E-state index contributed by atoms with van der Waals surface area (Å²) in [6.07, 6.45) is 0.285. The number of hydrogen-bond acceptors (Lipinski definition) is 2. The van der Waals surface area contributed by atoms with Crippen LogP contribution in [-0.4, -0.2) is 28.3 Å². The molecule has 178 valence electrons. The van der Waals surface area contributed by atoms with Gasteiger partial charge in [0.15, 0.2) is 0 Å². The van der Waals surface area contributed by atoms with Crippen molar-refractivity contribution in [2.45, 2.75) is 65.1 Å². The Labute approximate surface area is 204 Å². The summed E-state index contributed by atoms with van der Waals surface area (Å²) in [6.45, 7) is 10.1. The van der Waals surface area contributed by atoms with E-state index in [0.717, 1.165) is 22.3 Å². The van der Waals surface area contributed by atoms with Crippen molar-refractivity contribution in [2.24, 2.45) is 0 Å². The van der Waals surface area contributed by atoms with E-state index in [1.54, 1.807) is 4.90 Å². The van der Waals surface area contributed by atoms with Crippen LogP contribution in [-0.2, 0) is 16.1 Å². The molecule has 1 atom stereocenters. The quantitative estimate of drug-likeness (QED) is 0.462. The lowest BCUT2D eigenvalue weighted by atomic mass is 9.88. The third kappa shape index (κ3) is 7.05. The number of benzene rings is 3. The summed E-state index contributed by atoms with van der Waals surface area (Å²) in [6, 6.07) is 27.7. The van der Waals surface area contributed by atoms with Crippen LogP contribution in [0.2, 0.25) is 0 Å². The standard InChI is InChI=1S/C30H36N2O2/c1-22-13-12-14-24(19-22)21-32(23(2)29(34)31-30(3,4)5)28(33)20-27(25-15-8-6-9-16-25)26-17-10-7-11-18-26/h6-19,23,27H,20-21H2,1-5H3,(H,31,34). The first-order valence-corrected chi connectivity index (χ1v) is 11.9. The van der Waals surface area contributed by atoms with Crippen LogP contribution in [0.5, 0.6) is 0 Å². The SMILES string of the molecule is Cc1cccc(CN(C(=O)CC(c2ccccc2)c2ccccc2)C(C)C(=O)NC(C)(C)C)c1. The maximum absolute atomic E-state index is 13.8. The molecule has 0 radical (unpaired) electrons. The monoisotopic (exact) mass is 456 g/mol. The predicted octanol–water partition coefficient (Wildman–Crippen LogP) is 5.85. The Morgan fingerprint density at radius 3 is 1.91 bits per heavy atom. The highest BCUT2D eigenvalue weighted by Crippen LogP contribution is 2.29. The fourth-order valence-corrected chi connectivity index (χ4v) is 4.15. The van der Waals surface area contributed by atoms with Crippen LogP contribution in [0.25, 0.3) is 0 Å². The zero-order valence-corrected chi connectivity index (χ0v) is 20.9. The van der Waals surface area contributed by atoms with Gasteiger partial charge in [-0.05, 0) is 51.3 Å². The van der Waals surface area contributed by atoms with E-state index in [4.69, 9.17) is 0 Å². The van der Waals surface area contributed by atoms with Gasteiger partial charge >= 0.3 is 0 Å². The molecule has 0 heterocycles. The Hall–Kier alpha value is -3.40. The molecule has 0 aliphatic heterocycles. The van der Waals surface area contributed by atoms with Crippen LogP contribution in [0.4, 0.5) is 0 Å². The molecule has 0 aliphatic rings. The topological polar surface area (TPSA) is 49.4 Å². The lowest BCUT2D eigenvalue weighted by Crippen LogP contribution is -2.52. The highest BCUT2D eigenvalue weighted by molar-refractivity contribution is 5.88. The summed E-state index contributed by atoms with van der Waals surface area (Å²) >= 11 is 0. The minimum absolute atomic E-state index is 0.0456. The molecule has 2 amide bonds. The molecule has 0 saturated heterocycles. The fourth-order valence-electron chi connectivity index (χ4n) is 4.15. The summed E-state index contributed by atoms with van der Waals surface area (Å²) in [5.41, 5.74) is 3.94. The number of nitrogens with zero attached hydrogens (tertiary/aromatic N) is 1. The van der Waals surface area contributed by atoms with Crippen LogP contribution in [0, 0.1) is 6.92 Å². The number of amides is 2. The number of carbonyl (C=O) groups excluding carboxylic acids is 2. The molecule has 34 heavy (non-hydrogen) atoms. The van der Waals surface area contributed by atoms with Gasteiger partial charge in [-0.1, -0.05) is 90.5 Å². The second kappa shape index (κ2) is 11.1. The molecule has 0 aliphatic carbocycles. The van der Waals surface area contributed by atoms with Crippen LogP contribution in [0.15, 0.2) is 84.9 Å². The number of hydrogen-bond donors (Lipinski definition) is 1. The number of carbonyl (C=O) groups is 2. The lowest BCUT2D eigenvalue weighted by Gasteiger charge is -2.32. The van der Waals surface area contributed by atoms with Gasteiger partial charge in [0.2, 0.25) is 11.8 Å². The van der Waals surface area contributed by atoms with Gasteiger partial charge in [-0.15, -0.1) is 0 Å². The molecule has 3 aromatic rings. The van der Waals surface area contributed by atoms with Crippen molar-refractivity contribution in [1.82, 2.24) is 10.2 Å². The molecule has 0 bridgehead atoms. The third-order valence-corrected chi connectivity index (χ3v) is 5.88. The van der Waals surface area contributed by atoms with E-state index in [2.05, 4.69) is 35.6 Å². The van der Waals surface area contributed by atoms with Gasteiger partial charge in [0.05, 0.1) is 0 Å². The molecule has 4 heteroatoms. The van der Waals surface area contributed by atoms with E-state index in [1.807, 2.05) is 89.2 Å². The van der Waals surface area contributed by atoms with Crippen molar-refractivity contribution < 1.29 is 9.59 Å². The first kappa shape index (κ1) is 25.2. The smallest absolute Gasteiger partial charge is 0.242 e. The van der Waals surface area contributed by atoms with Crippen LogP contribution in [0.3, 0.4) is 0 Å². The second-order valence-electron chi connectivity index (χ2n) is 10.0.